The maximum atomic E-state index is 12.0. The van der Waals surface area contributed by atoms with Crippen LogP contribution in [0.15, 0.2) is 0 Å². The van der Waals surface area contributed by atoms with Gasteiger partial charge in [-0.1, -0.05) is 13.3 Å². The van der Waals surface area contributed by atoms with Crippen molar-refractivity contribution in [2.45, 2.75) is 32.6 Å². The Balaban J connectivity index is 2.29. The van der Waals surface area contributed by atoms with Crippen molar-refractivity contribution in [3.05, 3.63) is 0 Å². The van der Waals surface area contributed by atoms with Crippen LogP contribution in [-0.4, -0.2) is 55.5 Å². The van der Waals surface area contributed by atoms with Gasteiger partial charge in [0.2, 0.25) is 5.91 Å². The molecule has 1 saturated heterocycles. The molecule has 0 spiro atoms. The number of piperidine rings is 1. The predicted octanol–water partition coefficient (Wildman–Crippen LogP) is 0.916. The van der Waals surface area contributed by atoms with Crippen molar-refractivity contribution in [3.8, 4) is 0 Å². The van der Waals surface area contributed by atoms with Crippen LogP contribution in [0.4, 0.5) is 0 Å². The first-order valence-corrected chi connectivity index (χ1v) is 6.83. The molecule has 2 N–H and O–H groups in total. The van der Waals surface area contributed by atoms with E-state index < -0.39 is 0 Å². The lowest BCUT2D eigenvalue weighted by Crippen LogP contribution is -2.44. The van der Waals surface area contributed by atoms with Gasteiger partial charge in [0.1, 0.15) is 0 Å². The van der Waals surface area contributed by atoms with Crippen LogP contribution < -0.4 is 5.73 Å². The molecule has 1 amide bonds. The van der Waals surface area contributed by atoms with Crippen LogP contribution in [0, 0.1) is 5.92 Å². The highest BCUT2D eigenvalue weighted by molar-refractivity contribution is 5.77. The fourth-order valence-electron chi connectivity index (χ4n) is 2.32. The lowest BCUT2D eigenvalue weighted by molar-refractivity contribution is -0.131. The van der Waals surface area contributed by atoms with E-state index in [2.05, 4.69) is 11.8 Å². The van der Waals surface area contributed by atoms with Crippen LogP contribution in [0.3, 0.4) is 0 Å². The Morgan fingerprint density at radius 3 is 2.94 bits per heavy atom. The zero-order valence-corrected chi connectivity index (χ0v) is 11.3. The van der Waals surface area contributed by atoms with Gasteiger partial charge in [0.05, 0.1) is 6.54 Å². The SMILES string of the molecule is CCCCN(C)C(=O)CN1CCC[C@@H](CN)C1. The zero-order valence-electron chi connectivity index (χ0n) is 11.3. The Morgan fingerprint density at radius 2 is 2.29 bits per heavy atom. The molecule has 0 aromatic heterocycles. The van der Waals surface area contributed by atoms with E-state index in [4.69, 9.17) is 5.73 Å². The largest absolute Gasteiger partial charge is 0.345 e. The van der Waals surface area contributed by atoms with Crippen molar-refractivity contribution in [1.29, 1.82) is 0 Å². The molecule has 1 aliphatic rings. The minimum Gasteiger partial charge on any atom is -0.345 e. The van der Waals surface area contributed by atoms with Gasteiger partial charge in [0.15, 0.2) is 0 Å². The van der Waals surface area contributed by atoms with Gasteiger partial charge in [0.25, 0.3) is 0 Å². The van der Waals surface area contributed by atoms with Gasteiger partial charge in [-0.05, 0) is 38.3 Å². The smallest absolute Gasteiger partial charge is 0.236 e. The Kier molecular flexibility index (Phi) is 6.52. The molecule has 0 saturated carbocycles. The average molecular weight is 241 g/mol. The second-order valence-electron chi connectivity index (χ2n) is 5.15. The van der Waals surface area contributed by atoms with Crippen molar-refractivity contribution >= 4 is 5.91 Å². The molecule has 0 radical (unpaired) electrons. The van der Waals surface area contributed by atoms with E-state index in [1.807, 2.05) is 11.9 Å². The number of likely N-dealkylation sites (N-methyl/N-ethyl adjacent to an activating group) is 1. The van der Waals surface area contributed by atoms with Crippen LogP contribution in [0.25, 0.3) is 0 Å². The van der Waals surface area contributed by atoms with Gasteiger partial charge in [-0.2, -0.15) is 0 Å². The van der Waals surface area contributed by atoms with E-state index >= 15 is 0 Å². The lowest BCUT2D eigenvalue weighted by atomic mass is 9.98. The molecule has 4 nitrogen and oxygen atoms in total. The number of nitrogens with zero attached hydrogens (tertiary/aromatic N) is 2. The van der Waals surface area contributed by atoms with E-state index in [1.165, 1.54) is 12.8 Å². The topological polar surface area (TPSA) is 49.6 Å². The second-order valence-corrected chi connectivity index (χ2v) is 5.15. The van der Waals surface area contributed by atoms with Crippen LogP contribution >= 0.6 is 0 Å². The monoisotopic (exact) mass is 241 g/mol. The molecule has 0 aromatic carbocycles. The van der Waals surface area contributed by atoms with Crippen molar-refractivity contribution in [2.24, 2.45) is 11.7 Å². The molecule has 0 unspecified atom stereocenters. The first-order chi connectivity index (χ1) is 8.17. The molecular weight excluding hydrogens is 214 g/mol. The maximum absolute atomic E-state index is 12.0. The number of rotatable bonds is 6. The number of likely N-dealkylation sites (tertiary alicyclic amines) is 1. The van der Waals surface area contributed by atoms with Crippen molar-refractivity contribution < 1.29 is 4.79 Å². The summed E-state index contributed by atoms with van der Waals surface area (Å²) >= 11 is 0. The first-order valence-electron chi connectivity index (χ1n) is 6.83. The summed E-state index contributed by atoms with van der Waals surface area (Å²) < 4.78 is 0. The van der Waals surface area contributed by atoms with Crippen LogP contribution in [0.1, 0.15) is 32.6 Å². The van der Waals surface area contributed by atoms with Gasteiger partial charge in [-0.25, -0.2) is 0 Å². The fraction of sp³-hybridized carbons (Fsp3) is 0.923. The molecule has 0 aromatic rings. The summed E-state index contributed by atoms with van der Waals surface area (Å²) in [6.45, 7) is 6.37. The van der Waals surface area contributed by atoms with E-state index in [-0.39, 0.29) is 5.91 Å². The normalized spacial score (nSPS) is 21.5. The second kappa shape index (κ2) is 7.67. The Bertz CT molecular complexity index is 233. The van der Waals surface area contributed by atoms with Gasteiger partial charge in [-0.3, -0.25) is 9.69 Å². The standard InChI is InChI=1S/C13H27N3O/c1-3-4-7-15(2)13(17)11-16-8-5-6-12(9-14)10-16/h12H,3-11,14H2,1-2H3/t12-/m0/s1. The maximum Gasteiger partial charge on any atom is 0.236 e. The van der Waals surface area contributed by atoms with Gasteiger partial charge in [-0.15, -0.1) is 0 Å². The van der Waals surface area contributed by atoms with Crippen LogP contribution in [0.5, 0.6) is 0 Å². The molecule has 0 aliphatic carbocycles. The summed E-state index contributed by atoms with van der Waals surface area (Å²) in [5, 5.41) is 0. The number of hydrogen-bond donors (Lipinski definition) is 1. The number of carbonyl (C=O) groups excluding carboxylic acids is 1. The number of carbonyl (C=O) groups is 1. The molecule has 0 bridgehead atoms. The minimum atomic E-state index is 0.246. The van der Waals surface area contributed by atoms with E-state index in [9.17, 15) is 4.79 Å². The minimum absolute atomic E-state index is 0.246. The Labute approximate surface area is 105 Å². The van der Waals surface area contributed by atoms with Crippen molar-refractivity contribution in [3.63, 3.8) is 0 Å². The quantitative estimate of drug-likeness (QED) is 0.752. The molecular formula is C13H27N3O. The lowest BCUT2D eigenvalue weighted by Gasteiger charge is -2.32. The third-order valence-electron chi connectivity index (χ3n) is 3.57. The highest BCUT2D eigenvalue weighted by Crippen LogP contribution is 2.14. The number of nitrogens with two attached hydrogens (primary N) is 1. The molecule has 4 heteroatoms. The Hall–Kier alpha value is -0.610. The van der Waals surface area contributed by atoms with E-state index in [1.54, 1.807) is 0 Å². The predicted molar refractivity (Wildman–Crippen MR) is 70.8 cm³/mol. The number of hydrogen-bond acceptors (Lipinski definition) is 3. The number of amides is 1. The molecule has 1 fully saturated rings. The summed E-state index contributed by atoms with van der Waals surface area (Å²) in [7, 11) is 1.91. The number of unbranched alkanes of at least 4 members (excludes halogenated alkanes) is 1. The van der Waals surface area contributed by atoms with Gasteiger partial charge >= 0.3 is 0 Å². The Morgan fingerprint density at radius 1 is 1.53 bits per heavy atom. The van der Waals surface area contributed by atoms with Crippen LogP contribution in [-0.2, 0) is 4.79 Å². The summed E-state index contributed by atoms with van der Waals surface area (Å²) in [4.78, 5) is 16.1. The molecule has 1 atom stereocenters. The highest BCUT2D eigenvalue weighted by atomic mass is 16.2. The van der Waals surface area contributed by atoms with Crippen molar-refractivity contribution in [1.82, 2.24) is 9.80 Å². The molecule has 100 valence electrons. The van der Waals surface area contributed by atoms with Crippen molar-refractivity contribution in [2.75, 3.05) is 39.8 Å². The molecule has 1 rings (SSSR count). The third kappa shape index (κ3) is 5.04. The summed E-state index contributed by atoms with van der Waals surface area (Å²) in [5.74, 6) is 0.827. The first kappa shape index (κ1) is 14.5. The average Bonchev–Trinajstić information content (AvgIpc) is 2.36. The fourth-order valence-corrected chi connectivity index (χ4v) is 2.32. The molecule has 17 heavy (non-hydrogen) atoms. The summed E-state index contributed by atoms with van der Waals surface area (Å²) in [5.41, 5.74) is 5.70. The molecule has 1 heterocycles. The third-order valence-corrected chi connectivity index (χ3v) is 3.57. The molecule has 1 aliphatic heterocycles. The summed E-state index contributed by atoms with van der Waals surface area (Å²) in [6, 6.07) is 0. The van der Waals surface area contributed by atoms with Gasteiger partial charge in [0, 0.05) is 20.1 Å². The summed E-state index contributed by atoms with van der Waals surface area (Å²) in [6.07, 6.45) is 4.62. The van der Waals surface area contributed by atoms with Crippen LogP contribution in [0.2, 0.25) is 0 Å². The van der Waals surface area contributed by atoms with E-state index in [0.29, 0.717) is 12.5 Å². The van der Waals surface area contributed by atoms with E-state index in [0.717, 1.165) is 39.0 Å². The van der Waals surface area contributed by atoms with Gasteiger partial charge < -0.3 is 10.6 Å². The zero-order chi connectivity index (χ0) is 12.7. The highest BCUT2D eigenvalue weighted by Gasteiger charge is 2.21.